The molecule has 21 heavy (non-hydrogen) atoms. The van der Waals surface area contributed by atoms with Crippen molar-refractivity contribution >= 4 is 11.6 Å². The summed E-state index contributed by atoms with van der Waals surface area (Å²) in [6.07, 6.45) is 4.46. The number of nitrogens with zero attached hydrogens (tertiary/aromatic N) is 1. The lowest BCUT2D eigenvalue weighted by molar-refractivity contribution is 0.0706. The van der Waals surface area contributed by atoms with Gasteiger partial charge in [-0.2, -0.15) is 0 Å². The molecule has 112 valence electrons. The van der Waals surface area contributed by atoms with Crippen molar-refractivity contribution in [3.63, 3.8) is 0 Å². The number of carbonyl (C=O) groups excluding carboxylic acids is 1. The van der Waals surface area contributed by atoms with Gasteiger partial charge in [-0.05, 0) is 43.4 Å². The van der Waals surface area contributed by atoms with E-state index in [0.29, 0.717) is 12.0 Å². The number of amides is 1. The zero-order valence-electron chi connectivity index (χ0n) is 12.3. The van der Waals surface area contributed by atoms with E-state index in [0.717, 1.165) is 63.2 Å². The summed E-state index contributed by atoms with van der Waals surface area (Å²) in [7, 11) is 0. The highest BCUT2D eigenvalue weighted by Crippen LogP contribution is 2.31. The fraction of sp³-hybridized carbons (Fsp3) is 0.588. The van der Waals surface area contributed by atoms with Crippen LogP contribution < -0.4 is 5.32 Å². The predicted molar refractivity (Wildman–Crippen MR) is 81.6 cm³/mol. The molecule has 3 aliphatic rings. The molecule has 1 atom stereocenters. The van der Waals surface area contributed by atoms with Crippen LogP contribution in [0.1, 0.15) is 35.2 Å². The van der Waals surface area contributed by atoms with Gasteiger partial charge < -0.3 is 15.0 Å². The molecule has 1 N–H and O–H groups in total. The highest BCUT2D eigenvalue weighted by molar-refractivity contribution is 5.96. The molecule has 4 nitrogen and oxygen atoms in total. The Kier molecular flexibility index (Phi) is 3.34. The molecule has 4 rings (SSSR count). The molecule has 1 saturated heterocycles. The normalized spacial score (nSPS) is 23.7. The van der Waals surface area contributed by atoms with E-state index in [2.05, 4.69) is 16.3 Å². The smallest absolute Gasteiger partial charge is 0.254 e. The molecule has 2 heterocycles. The molecule has 1 saturated carbocycles. The number of carbonyl (C=O) groups is 1. The molecule has 1 aromatic carbocycles. The predicted octanol–water partition coefficient (Wildman–Crippen LogP) is 2.30. The summed E-state index contributed by atoms with van der Waals surface area (Å²) in [6.45, 7) is 3.50. The molecular weight excluding hydrogens is 264 g/mol. The third kappa shape index (κ3) is 2.64. The van der Waals surface area contributed by atoms with Crippen LogP contribution in [0.15, 0.2) is 18.2 Å². The van der Waals surface area contributed by atoms with Gasteiger partial charge in [0, 0.05) is 42.9 Å². The number of benzene rings is 1. The van der Waals surface area contributed by atoms with Gasteiger partial charge >= 0.3 is 0 Å². The molecule has 0 bridgehead atoms. The van der Waals surface area contributed by atoms with E-state index in [4.69, 9.17) is 4.74 Å². The number of fused-ring (bicyclic) bond motifs is 1. The van der Waals surface area contributed by atoms with Crippen molar-refractivity contribution < 1.29 is 9.53 Å². The average molecular weight is 286 g/mol. The zero-order chi connectivity index (χ0) is 14.2. The summed E-state index contributed by atoms with van der Waals surface area (Å²) >= 11 is 0. The third-order valence-electron chi connectivity index (χ3n) is 4.79. The van der Waals surface area contributed by atoms with E-state index < -0.39 is 0 Å². The Morgan fingerprint density at radius 3 is 3.00 bits per heavy atom. The van der Waals surface area contributed by atoms with E-state index in [1.807, 2.05) is 12.1 Å². The fourth-order valence-electron chi connectivity index (χ4n) is 3.38. The van der Waals surface area contributed by atoms with Crippen LogP contribution in [0.2, 0.25) is 0 Å². The molecular formula is C17H22N2O2. The first kappa shape index (κ1) is 13.1. The minimum atomic E-state index is 0.195. The number of rotatable bonds is 4. The maximum atomic E-state index is 12.9. The second-order valence-corrected chi connectivity index (χ2v) is 6.47. The van der Waals surface area contributed by atoms with Crippen molar-refractivity contribution in [3.8, 4) is 0 Å². The van der Waals surface area contributed by atoms with Crippen molar-refractivity contribution in [2.75, 3.05) is 31.6 Å². The Morgan fingerprint density at radius 2 is 2.24 bits per heavy atom. The molecule has 2 fully saturated rings. The standard InChI is InChI=1S/C17H22N2O2/c20-17(14-2-1-13-5-7-18-16(13)9-14)19(15-3-4-15)10-12-6-8-21-11-12/h1-2,9,12,15,18H,3-8,10-11H2. The summed E-state index contributed by atoms with van der Waals surface area (Å²) in [5, 5.41) is 3.36. The van der Waals surface area contributed by atoms with Gasteiger partial charge in [0.2, 0.25) is 0 Å². The lowest BCUT2D eigenvalue weighted by atomic mass is 10.1. The minimum absolute atomic E-state index is 0.195. The minimum Gasteiger partial charge on any atom is -0.384 e. The molecule has 1 aliphatic carbocycles. The molecule has 4 heteroatoms. The zero-order valence-corrected chi connectivity index (χ0v) is 12.3. The van der Waals surface area contributed by atoms with Crippen molar-refractivity contribution in [1.82, 2.24) is 4.90 Å². The van der Waals surface area contributed by atoms with Gasteiger partial charge in [-0.1, -0.05) is 6.07 Å². The number of ether oxygens (including phenoxy) is 1. The average Bonchev–Trinajstić information content (AvgIpc) is 3.02. The van der Waals surface area contributed by atoms with Crippen LogP contribution in [0, 0.1) is 5.92 Å². The number of hydrogen-bond acceptors (Lipinski definition) is 3. The monoisotopic (exact) mass is 286 g/mol. The Bertz CT molecular complexity index is 548. The first-order valence-corrected chi connectivity index (χ1v) is 8.07. The maximum absolute atomic E-state index is 12.9. The highest BCUT2D eigenvalue weighted by Gasteiger charge is 2.35. The molecule has 0 aromatic heterocycles. The van der Waals surface area contributed by atoms with Gasteiger partial charge in [0.25, 0.3) is 5.91 Å². The Hall–Kier alpha value is -1.55. The first-order valence-electron chi connectivity index (χ1n) is 8.07. The lowest BCUT2D eigenvalue weighted by Gasteiger charge is -2.25. The van der Waals surface area contributed by atoms with Crippen LogP contribution in [-0.2, 0) is 11.2 Å². The number of hydrogen-bond donors (Lipinski definition) is 1. The Morgan fingerprint density at radius 1 is 1.33 bits per heavy atom. The van der Waals surface area contributed by atoms with Crippen LogP contribution in [0.5, 0.6) is 0 Å². The van der Waals surface area contributed by atoms with Gasteiger partial charge in [-0.25, -0.2) is 0 Å². The van der Waals surface area contributed by atoms with Gasteiger partial charge in [-0.15, -0.1) is 0 Å². The second-order valence-electron chi connectivity index (χ2n) is 6.47. The molecule has 1 amide bonds. The first-order chi connectivity index (χ1) is 10.3. The third-order valence-corrected chi connectivity index (χ3v) is 4.79. The summed E-state index contributed by atoms with van der Waals surface area (Å²) in [5.74, 6) is 0.711. The summed E-state index contributed by atoms with van der Waals surface area (Å²) < 4.78 is 5.46. The summed E-state index contributed by atoms with van der Waals surface area (Å²) in [4.78, 5) is 15.0. The van der Waals surface area contributed by atoms with Crippen molar-refractivity contribution in [2.24, 2.45) is 5.92 Å². The Labute approximate surface area is 125 Å². The molecule has 1 aromatic rings. The van der Waals surface area contributed by atoms with Crippen LogP contribution in [0.4, 0.5) is 5.69 Å². The Balaban J connectivity index is 1.53. The lowest BCUT2D eigenvalue weighted by Crippen LogP contribution is -2.37. The van der Waals surface area contributed by atoms with E-state index in [1.54, 1.807) is 0 Å². The maximum Gasteiger partial charge on any atom is 0.254 e. The van der Waals surface area contributed by atoms with Crippen LogP contribution in [-0.4, -0.2) is 43.2 Å². The number of nitrogens with one attached hydrogen (secondary N) is 1. The summed E-state index contributed by atoms with van der Waals surface area (Å²) in [6, 6.07) is 6.59. The topological polar surface area (TPSA) is 41.6 Å². The van der Waals surface area contributed by atoms with Crippen molar-refractivity contribution in [2.45, 2.75) is 31.7 Å². The molecule has 1 unspecified atom stereocenters. The van der Waals surface area contributed by atoms with Gasteiger partial charge in [0.1, 0.15) is 0 Å². The van der Waals surface area contributed by atoms with Crippen LogP contribution in [0.3, 0.4) is 0 Å². The quantitative estimate of drug-likeness (QED) is 0.923. The van der Waals surface area contributed by atoms with E-state index >= 15 is 0 Å². The van der Waals surface area contributed by atoms with Gasteiger partial charge in [0.05, 0.1) is 6.61 Å². The van der Waals surface area contributed by atoms with E-state index in [9.17, 15) is 4.79 Å². The molecule has 2 aliphatic heterocycles. The second kappa shape index (κ2) is 5.34. The fourth-order valence-corrected chi connectivity index (χ4v) is 3.38. The van der Waals surface area contributed by atoms with Gasteiger partial charge in [-0.3, -0.25) is 4.79 Å². The number of anilines is 1. The van der Waals surface area contributed by atoms with Crippen LogP contribution >= 0.6 is 0 Å². The molecule has 0 radical (unpaired) electrons. The summed E-state index contributed by atoms with van der Waals surface area (Å²) in [5.41, 5.74) is 3.29. The SMILES string of the molecule is O=C(c1ccc2c(c1)NCC2)N(CC1CCOC1)C1CC1. The van der Waals surface area contributed by atoms with E-state index in [-0.39, 0.29) is 5.91 Å². The van der Waals surface area contributed by atoms with Crippen molar-refractivity contribution in [1.29, 1.82) is 0 Å². The molecule has 0 spiro atoms. The van der Waals surface area contributed by atoms with E-state index in [1.165, 1.54) is 5.56 Å². The van der Waals surface area contributed by atoms with Gasteiger partial charge in [0.15, 0.2) is 0 Å². The van der Waals surface area contributed by atoms with Crippen LogP contribution in [0.25, 0.3) is 0 Å². The highest BCUT2D eigenvalue weighted by atomic mass is 16.5. The van der Waals surface area contributed by atoms with Crippen molar-refractivity contribution in [3.05, 3.63) is 29.3 Å². The largest absolute Gasteiger partial charge is 0.384 e.